The molecule has 2 heterocycles. The number of fused-ring (bicyclic) bond motifs is 1. The number of nitrogens with zero attached hydrogens (tertiary/aromatic N) is 1. The predicted octanol–water partition coefficient (Wildman–Crippen LogP) is 4.23. The summed E-state index contributed by atoms with van der Waals surface area (Å²) in [5, 5.41) is 5.65. The number of aryl methyl sites for hydroxylation is 1. The third-order valence-electron chi connectivity index (χ3n) is 3.20. The van der Waals surface area contributed by atoms with Crippen LogP contribution in [0, 0.1) is 6.92 Å². The monoisotopic (exact) mass is 284 g/mol. The molecule has 0 unspecified atom stereocenters. The summed E-state index contributed by atoms with van der Waals surface area (Å²) in [4.78, 5) is 7.08. The van der Waals surface area contributed by atoms with E-state index in [9.17, 15) is 0 Å². The van der Waals surface area contributed by atoms with E-state index in [-0.39, 0.29) is 0 Å². The second kappa shape index (κ2) is 5.51. The lowest BCUT2D eigenvalue weighted by Crippen LogP contribution is -2.00. The Morgan fingerprint density at radius 3 is 2.85 bits per heavy atom. The fraction of sp³-hybridized carbons (Fsp3) is 0.188. The van der Waals surface area contributed by atoms with Gasteiger partial charge in [0.1, 0.15) is 11.6 Å². The van der Waals surface area contributed by atoms with Crippen molar-refractivity contribution in [1.82, 2.24) is 4.98 Å². The summed E-state index contributed by atoms with van der Waals surface area (Å²) >= 11 is 1.81. The zero-order valence-electron chi connectivity index (χ0n) is 11.5. The van der Waals surface area contributed by atoms with Crippen molar-refractivity contribution in [1.29, 1.82) is 0 Å². The molecular weight excluding hydrogens is 268 g/mol. The number of benzene rings is 1. The number of thiophene rings is 1. The average Bonchev–Trinajstić information content (AvgIpc) is 2.90. The molecule has 1 aromatic carbocycles. The van der Waals surface area contributed by atoms with E-state index in [4.69, 9.17) is 4.74 Å². The summed E-state index contributed by atoms with van der Waals surface area (Å²) in [6.45, 7) is 2.92. The van der Waals surface area contributed by atoms with E-state index >= 15 is 0 Å². The fourth-order valence-corrected chi connectivity index (χ4v) is 3.00. The molecule has 0 spiro atoms. The molecule has 0 saturated heterocycles. The molecule has 20 heavy (non-hydrogen) atoms. The van der Waals surface area contributed by atoms with Crippen molar-refractivity contribution in [3.8, 4) is 5.75 Å². The summed E-state index contributed by atoms with van der Waals surface area (Å²) in [6.07, 6.45) is 1.82. The molecule has 0 atom stereocenters. The third-order valence-corrected chi connectivity index (χ3v) is 4.20. The lowest BCUT2D eigenvalue weighted by atomic mass is 10.1. The van der Waals surface area contributed by atoms with Gasteiger partial charge in [0.2, 0.25) is 0 Å². The van der Waals surface area contributed by atoms with Gasteiger partial charge in [-0.2, -0.15) is 0 Å². The number of nitrogens with one attached hydrogen (secondary N) is 1. The first-order valence-electron chi connectivity index (χ1n) is 6.48. The third kappa shape index (κ3) is 2.60. The van der Waals surface area contributed by atoms with Gasteiger partial charge in [-0.25, -0.2) is 4.98 Å². The maximum atomic E-state index is 5.26. The van der Waals surface area contributed by atoms with Crippen molar-refractivity contribution in [2.75, 3.05) is 12.4 Å². The highest BCUT2D eigenvalue weighted by molar-refractivity contribution is 7.11. The molecule has 3 nitrogen and oxygen atoms in total. The van der Waals surface area contributed by atoms with Crippen LogP contribution in [0.5, 0.6) is 5.75 Å². The van der Waals surface area contributed by atoms with Crippen molar-refractivity contribution in [2.24, 2.45) is 0 Å². The van der Waals surface area contributed by atoms with Gasteiger partial charge in [-0.1, -0.05) is 0 Å². The number of anilines is 1. The highest BCUT2D eigenvalue weighted by Gasteiger charge is 2.04. The standard InChI is InChI=1S/C16H16N2OS/c1-11-3-5-14(20-11)10-18-16-15-6-4-13(19-2)9-12(15)7-8-17-16/h3-9H,10H2,1-2H3,(H,17,18). The lowest BCUT2D eigenvalue weighted by Gasteiger charge is -2.09. The van der Waals surface area contributed by atoms with Gasteiger partial charge in [-0.15, -0.1) is 11.3 Å². The molecule has 0 radical (unpaired) electrons. The van der Waals surface area contributed by atoms with Crippen LogP contribution in [-0.4, -0.2) is 12.1 Å². The lowest BCUT2D eigenvalue weighted by molar-refractivity contribution is 0.415. The Morgan fingerprint density at radius 1 is 1.20 bits per heavy atom. The highest BCUT2D eigenvalue weighted by Crippen LogP contribution is 2.26. The molecule has 0 amide bonds. The summed E-state index contributed by atoms with van der Waals surface area (Å²) in [5.41, 5.74) is 0. The quantitative estimate of drug-likeness (QED) is 0.778. The van der Waals surface area contributed by atoms with Gasteiger partial charge in [0.05, 0.1) is 13.7 Å². The Bertz CT molecular complexity index is 736. The number of aromatic nitrogens is 1. The second-order valence-electron chi connectivity index (χ2n) is 4.61. The van der Waals surface area contributed by atoms with Crippen LogP contribution in [0.4, 0.5) is 5.82 Å². The zero-order valence-corrected chi connectivity index (χ0v) is 12.3. The summed E-state index contributed by atoms with van der Waals surface area (Å²) in [7, 11) is 1.68. The predicted molar refractivity (Wildman–Crippen MR) is 84.7 cm³/mol. The maximum Gasteiger partial charge on any atom is 0.134 e. The maximum absolute atomic E-state index is 5.26. The molecule has 0 bridgehead atoms. The summed E-state index contributed by atoms with van der Waals surface area (Å²) in [5.74, 6) is 1.78. The average molecular weight is 284 g/mol. The van der Waals surface area contributed by atoms with Gasteiger partial charge < -0.3 is 10.1 Å². The van der Waals surface area contributed by atoms with Gasteiger partial charge >= 0.3 is 0 Å². The van der Waals surface area contributed by atoms with Crippen LogP contribution in [0.2, 0.25) is 0 Å². The molecular formula is C16H16N2OS. The molecule has 3 rings (SSSR count). The van der Waals surface area contributed by atoms with Crippen molar-refractivity contribution in [3.63, 3.8) is 0 Å². The fourth-order valence-electron chi connectivity index (χ4n) is 2.17. The Hall–Kier alpha value is -2.07. The Morgan fingerprint density at radius 2 is 2.10 bits per heavy atom. The molecule has 4 heteroatoms. The molecule has 2 aromatic heterocycles. The van der Waals surface area contributed by atoms with Crippen molar-refractivity contribution in [3.05, 3.63) is 52.3 Å². The highest BCUT2D eigenvalue weighted by atomic mass is 32.1. The molecule has 0 aliphatic carbocycles. The molecule has 0 aliphatic heterocycles. The number of methoxy groups -OCH3 is 1. The Labute approximate surface area is 122 Å². The largest absolute Gasteiger partial charge is 0.497 e. The van der Waals surface area contributed by atoms with E-state index in [2.05, 4.69) is 29.4 Å². The van der Waals surface area contributed by atoms with Crippen LogP contribution >= 0.6 is 11.3 Å². The first-order chi connectivity index (χ1) is 9.76. The molecule has 3 aromatic rings. The number of hydrogen-bond donors (Lipinski definition) is 1. The topological polar surface area (TPSA) is 34.1 Å². The molecule has 0 aliphatic rings. The minimum absolute atomic E-state index is 0.802. The van der Waals surface area contributed by atoms with E-state index in [0.29, 0.717) is 0 Å². The van der Waals surface area contributed by atoms with Crippen molar-refractivity contribution in [2.45, 2.75) is 13.5 Å². The number of pyridine rings is 1. The van der Waals surface area contributed by atoms with Gasteiger partial charge in [0, 0.05) is 21.3 Å². The van der Waals surface area contributed by atoms with E-state index in [1.165, 1.54) is 9.75 Å². The number of ether oxygens (including phenoxy) is 1. The number of rotatable bonds is 4. The van der Waals surface area contributed by atoms with E-state index in [0.717, 1.165) is 28.9 Å². The van der Waals surface area contributed by atoms with E-state index in [1.54, 1.807) is 7.11 Å². The van der Waals surface area contributed by atoms with Crippen LogP contribution in [0.25, 0.3) is 10.8 Å². The van der Waals surface area contributed by atoms with Gasteiger partial charge in [-0.05, 0) is 48.7 Å². The minimum atomic E-state index is 0.802. The first kappa shape index (κ1) is 12.9. The van der Waals surface area contributed by atoms with Gasteiger partial charge in [0.15, 0.2) is 0 Å². The summed E-state index contributed by atoms with van der Waals surface area (Å²) in [6, 6.07) is 12.3. The molecule has 0 saturated carbocycles. The van der Waals surface area contributed by atoms with E-state index < -0.39 is 0 Å². The summed E-state index contributed by atoms with van der Waals surface area (Å²) < 4.78 is 5.26. The van der Waals surface area contributed by atoms with Crippen LogP contribution in [0.3, 0.4) is 0 Å². The molecule has 102 valence electrons. The van der Waals surface area contributed by atoms with Crippen LogP contribution in [-0.2, 0) is 6.54 Å². The van der Waals surface area contributed by atoms with Crippen LogP contribution in [0.1, 0.15) is 9.75 Å². The van der Waals surface area contributed by atoms with Gasteiger partial charge in [-0.3, -0.25) is 0 Å². The molecule has 0 fully saturated rings. The Kier molecular flexibility index (Phi) is 3.56. The second-order valence-corrected chi connectivity index (χ2v) is 5.98. The molecule has 1 N–H and O–H groups in total. The normalized spacial score (nSPS) is 10.7. The van der Waals surface area contributed by atoms with E-state index in [1.807, 2.05) is 41.8 Å². The minimum Gasteiger partial charge on any atom is -0.497 e. The van der Waals surface area contributed by atoms with Gasteiger partial charge in [0.25, 0.3) is 0 Å². The van der Waals surface area contributed by atoms with Crippen molar-refractivity contribution < 1.29 is 4.74 Å². The zero-order chi connectivity index (χ0) is 13.9. The van der Waals surface area contributed by atoms with Crippen LogP contribution in [0.15, 0.2) is 42.6 Å². The number of hydrogen-bond acceptors (Lipinski definition) is 4. The SMILES string of the molecule is COc1ccc2c(NCc3ccc(C)s3)nccc2c1. The smallest absolute Gasteiger partial charge is 0.134 e. The first-order valence-corrected chi connectivity index (χ1v) is 7.30. The van der Waals surface area contributed by atoms with Crippen molar-refractivity contribution >= 4 is 27.9 Å². The Balaban J connectivity index is 1.87. The van der Waals surface area contributed by atoms with Crippen LogP contribution < -0.4 is 10.1 Å².